The highest BCUT2D eigenvalue weighted by Gasteiger charge is 2.26. The first kappa shape index (κ1) is 20.5. The Kier molecular flexibility index (Phi) is 7.79. The number of carbonyl (C=O) groups excluding carboxylic acids is 1. The van der Waals surface area contributed by atoms with Crippen LogP contribution in [0.1, 0.15) is 6.92 Å². The lowest BCUT2D eigenvalue weighted by Crippen LogP contribution is -2.51. The van der Waals surface area contributed by atoms with E-state index in [-0.39, 0.29) is 36.6 Å². The first-order chi connectivity index (χ1) is 10.7. The normalized spacial score (nSPS) is 15.6. The molecule has 1 saturated heterocycles. The predicted octanol–water partition coefficient (Wildman–Crippen LogP) is 2.18. The molecular weight excluding hydrogens is 351 g/mol. The summed E-state index contributed by atoms with van der Waals surface area (Å²) in [5.74, 6) is 0.229. The highest BCUT2D eigenvalue weighted by molar-refractivity contribution is 5.85. The number of halogens is 2. The average molecular weight is 375 g/mol. The van der Waals surface area contributed by atoms with Crippen LogP contribution < -0.4 is 10.2 Å². The molecule has 0 bridgehead atoms. The maximum Gasteiger partial charge on any atom is 0.298 e. The van der Waals surface area contributed by atoms with Crippen molar-refractivity contribution in [1.29, 1.82) is 0 Å². The second-order valence-corrected chi connectivity index (χ2v) is 5.74. The topological polar surface area (TPSA) is 61.6 Å². The third-order valence-corrected chi connectivity index (χ3v) is 4.08. The molecule has 1 aliphatic rings. The van der Waals surface area contributed by atoms with Crippen LogP contribution in [-0.4, -0.2) is 55.6 Å². The summed E-state index contributed by atoms with van der Waals surface area (Å²) in [6.45, 7) is 5.61. The van der Waals surface area contributed by atoms with Crippen molar-refractivity contribution in [3.05, 3.63) is 24.3 Å². The summed E-state index contributed by atoms with van der Waals surface area (Å²) >= 11 is 0. The molecule has 2 heterocycles. The molecule has 1 atom stereocenters. The first-order valence-electron chi connectivity index (χ1n) is 7.73. The number of carbonyl (C=O) groups is 1. The van der Waals surface area contributed by atoms with Crippen molar-refractivity contribution in [2.24, 2.45) is 5.92 Å². The molecule has 3 rings (SSSR count). The average Bonchev–Trinajstić information content (AvgIpc) is 2.98. The number of hydrogen-bond donors (Lipinski definition) is 1. The summed E-state index contributed by atoms with van der Waals surface area (Å²) in [5.41, 5.74) is 1.68. The largest absolute Gasteiger partial charge is 0.423 e. The van der Waals surface area contributed by atoms with E-state index < -0.39 is 0 Å². The molecule has 1 aromatic carbocycles. The molecule has 0 saturated carbocycles. The number of rotatable bonds is 4. The molecule has 0 spiro atoms. The highest BCUT2D eigenvalue weighted by atomic mass is 35.5. The monoisotopic (exact) mass is 374 g/mol. The molecule has 1 fully saturated rings. The zero-order chi connectivity index (χ0) is 15.5. The minimum absolute atomic E-state index is 0. The number of para-hydroxylation sites is 2. The Hall–Kier alpha value is -1.50. The van der Waals surface area contributed by atoms with Gasteiger partial charge < -0.3 is 19.5 Å². The Morgan fingerprint density at radius 2 is 1.92 bits per heavy atom. The zero-order valence-electron chi connectivity index (χ0n) is 13.9. The summed E-state index contributed by atoms with van der Waals surface area (Å²) in [6, 6.07) is 8.41. The molecule has 0 radical (unpaired) electrons. The van der Waals surface area contributed by atoms with Crippen molar-refractivity contribution in [3.63, 3.8) is 0 Å². The molecule has 0 aliphatic carbocycles. The van der Waals surface area contributed by atoms with Crippen molar-refractivity contribution >= 4 is 47.8 Å². The fraction of sp³-hybridized carbons (Fsp3) is 0.500. The zero-order valence-corrected chi connectivity index (χ0v) is 15.5. The molecule has 134 valence electrons. The molecule has 8 heteroatoms. The van der Waals surface area contributed by atoms with Crippen molar-refractivity contribution in [2.75, 3.05) is 44.7 Å². The van der Waals surface area contributed by atoms with Crippen molar-refractivity contribution in [1.82, 2.24) is 15.2 Å². The van der Waals surface area contributed by atoms with Gasteiger partial charge in [-0.1, -0.05) is 19.1 Å². The van der Waals surface area contributed by atoms with E-state index in [2.05, 4.69) is 15.2 Å². The SMILES string of the molecule is CNCC(C)C(=O)N1CCN(c2nc3ccccc3o2)CC1.Cl.Cl. The van der Waals surface area contributed by atoms with Gasteiger partial charge in [-0.05, 0) is 19.2 Å². The van der Waals surface area contributed by atoms with Crippen LogP contribution in [0.5, 0.6) is 0 Å². The smallest absolute Gasteiger partial charge is 0.298 e. The Morgan fingerprint density at radius 3 is 2.54 bits per heavy atom. The molecule has 1 unspecified atom stereocenters. The van der Waals surface area contributed by atoms with E-state index in [0.717, 1.165) is 24.2 Å². The van der Waals surface area contributed by atoms with Crippen molar-refractivity contribution in [2.45, 2.75) is 6.92 Å². The van der Waals surface area contributed by atoms with Gasteiger partial charge in [0.25, 0.3) is 6.01 Å². The van der Waals surface area contributed by atoms with E-state index in [0.29, 0.717) is 25.6 Å². The second kappa shape index (κ2) is 9.11. The second-order valence-electron chi connectivity index (χ2n) is 5.74. The number of benzene rings is 1. The Labute approximate surface area is 154 Å². The van der Waals surface area contributed by atoms with Crippen molar-refractivity contribution < 1.29 is 9.21 Å². The maximum absolute atomic E-state index is 12.3. The van der Waals surface area contributed by atoms with Crippen LogP contribution in [0.3, 0.4) is 0 Å². The Bertz CT molecular complexity index is 623. The molecular formula is C16H24Cl2N4O2. The van der Waals surface area contributed by atoms with Gasteiger partial charge in [0, 0.05) is 38.6 Å². The third-order valence-electron chi connectivity index (χ3n) is 4.08. The summed E-state index contributed by atoms with van der Waals surface area (Å²) in [7, 11) is 1.87. The van der Waals surface area contributed by atoms with Gasteiger partial charge >= 0.3 is 0 Å². The lowest BCUT2D eigenvalue weighted by atomic mass is 10.1. The van der Waals surface area contributed by atoms with Crippen LogP contribution in [0.2, 0.25) is 0 Å². The molecule has 6 nitrogen and oxygen atoms in total. The van der Waals surface area contributed by atoms with Crippen LogP contribution in [0.25, 0.3) is 11.1 Å². The van der Waals surface area contributed by atoms with Gasteiger partial charge in [0.1, 0.15) is 5.52 Å². The molecule has 1 amide bonds. The number of anilines is 1. The molecule has 1 N–H and O–H groups in total. The predicted molar refractivity (Wildman–Crippen MR) is 100 cm³/mol. The fourth-order valence-electron chi connectivity index (χ4n) is 2.82. The van der Waals surface area contributed by atoms with Gasteiger partial charge in [0.05, 0.1) is 0 Å². The van der Waals surface area contributed by atoms with E-state index in [1.54, 1.807) is 0 Å². The Morgan fingerprint density at radius 1 is 1.25 bits per heavy atom. The first-order valence-corrected chi connectivity index (χ1v) is 7.73. The fourth-order valence-corrected chi connectivity index (χ4v) is 2.82. The summed E-state index contributed by atoms with van der Waals surface area (Å²) < 4.78 is 5.79. The van der Waals surface area contributed by atoms with Crippen molar-refractivity contribution in [3.8, 4) is 0 Å². The van der Waals surface area contributed by atoms with Gasteiger partial charge in [0.15, 0.2) is 5.58 Å². The number of fused-ring (bicyclic) bond motifs is 1. The lowest BCUT2D eigenvalue weighted by molar-refractivity contribution is -0.135. The quantitative estimate of drug-likeness (QED) is 0.888. The van der Waals surface area contributed by atoms with Crippen LogP contribution in [-0.2, 0) is 4.79 Å². The maximum atomic E-state index is 12.3. The molecule has 1 aromatic heterocycles. The minimum Gasteiger partial charge on any atom is -0.423 e. The standard InChI is InChI=1S/C16H22N4O2.2ClH/c1-12(11-17-2)15(21)19-7-9-20(10-8-19)16-18-13-5-3-4-6-14(13)22-16;;/h3-6,12,17H,7-11H2,1-2H3;2*1H. The van der Waals surface area contributed by atoms with Gasteiger partial charge in [-0.3, -0.25) is 4.79 Å². The number of nitrogens with zero attached hydrogens (tertiary/aromatic N) is 3. The summed E-state index contributed by atoms with van der Waals surface area (Å²) in [5, 5.41) is 3.05. The molecule has 2 aromatic rings. The summed E-state index contributed by atoms with van der Waals surface area (Å²) in [4.78, 5) is 20.9. The van der Waals surface area contributed by atoms with Crippen LogP contribution in [0, 0.1) is 5.92 Å². The van der Waals surface area contributed by atoms with Crippen LogP contribution in [0.15, 0.2) is 28.7 Å². The summed E-state index contributed by atoms with van der Waals surface area (Å²) in [6.07, 6.45) is 0. The number of amides is 1. The van der Waals surface area contributed by atoms with E-state index in [4.69, 9.17) is 4.42 Å². The Balaban J connectivity index is 0.00000144. The van der Waals surface area contributed by atoms with Gasteiger partial charge in [-0.25, -0.2) is 0 Å². The van der Waals surface area contributed by atoms with E-state index >= 15 is 0 Å². The minimum atomic E-state index is 0. The lowest BCUT2D eigenvalue weighted by Gasteiger charge is -2.35. The number of aromatic nitrogens is 1. The van der Waals surface area contributed by atoms with Crippen LogP contribution in [0.4, 0.5) is 6.01 Å². The number of oxazole rings is 1. The van der Waals surface area contributed by atoms with E-state index in [1.165, 1.54) is 0 Å². The van der Waals surface area contributed by atoms with Gasteiger partial charge in [0.2, 0.25) is 5.91 Å². The van der Waals surface area contributed by atoms with Crippen LogP contribution >= 0.6 is 24.8 Å². The van der Waals surface area contributed by atoms with E-state index in [9.17, 15) is 4.79 Å². The molecule has 1 aliphatic heterocycles. The number of nitrogens with one attached hydrogen (secondary N) is 1. The van der Waals surface area contributed by atoms with Gasteiger partial charge in [-0.2, -0.15) is 4.98 Å². The third kappa shape index (κ3) is 4.32. The number of hydrogen-bond acceptors (Lipinski definition) is 5. The highest BCUT2D eigenvalue weighted by Crippen LogP contribution is 2.22. The number of piperazine rings is 1. The molecule has 24 heavy (non-hydrogen) atoms. The van der Waals surface area contributed by atoms with E-state index in [1.807, 2.05) is 43.1 Å². The van der Waals surface area contributed by atoms with Gasteiger partial charge in [-0.15, -0.1) is 24.8 Å².